The lowest BCUT2D eigenvalue weighted by atomic mass is 10.2. The van der Waals surface area contributed by atoms with Crippen LogP contribution in [-0.4, -0.2) is 33.8 Å². The van der Waals surface area contributed by atoms with Crippen LogP contribution in [0, 0.1) is 0 Å². The highest BCUT2D eigenvalue weighted by Crippen LogP contribution is 2.18. The number of aromatic nitrogens is 3. The maximum Gasteiger partial charge on any atom is 0.226 e. The Kier molecular flexibility index (Phi) is 6.03. The van der Waals surface area contributed by atoms with E-state index in [4.69, 9.17) is 4.42 Å². The summed E-state index contributed by atoms with van der Waals surface area (Å²) in [5.41, 5.74) is 2.96. The number of guanidine groups is 1. The fourth-order valence-electron chi connectivity index (χ4n) is 2.52. The molecule has 0 fully saturated rings. The molecule has 2 N–H and O–H groups in total. The van der Waals surface area contributed by atoms with Crippen LogP contribution in [0.2, 0.25) is 0 Å². The summed E-state index contributed by atoms with van der Waals surface area (Å²) in [6.45, 7) is 4.08. The second-order valence-electron chi connectivity index (χ2n) is 5.90. The van der Waals surface area contributed by atoms with Gasteiger partial charge in [-0.25, -0.2) is 9.98 Å². The summed E-state index contributed by atoms with van der Waals surface area (Å²) in [5.74, 6) is 1.38. The zero-order chi connectivity index (χ0) is 18.2. The molecule has 0 unspecified atom stereocenters. The third-order valence-corrected chi connectivity index (χ3v) is 3.78. The van der Waals surface area contributed by atoms with E-state index < -0.39 is 0 Å². The van der Waals surface area contributed by atoms with Crippen LogP contribution in [0.25, 0.3) is 11.5 Å². The van der Waals surface area contributed by atoms with Crippen LogP contribution in [0.3, 0.4) is 0 Å². The fourth-order valence-corrected chi connectivity index (χ4v) is 2.52. The van der Waals surface area contributed by atoms with Crippen molar-refractivity contribution >= 4 is 5.96 Å². The molecule has 3 aromatic rings. The van der Waals surface area contributed by atoms with Crippen molar-refractivity contribution in [2.75, 3.05) is 13.1 Å². The van der Waals surface area contributed by atoms with Crippen molar-refractivity contribution in [2.24, 2.45) is 12.0 Å². The van der Waals surface area contributed by atoms with Crippen LogP contribution in [0.1, 0.15) is 18.2 Å². The van der Waals surface area contributed by atoms with Crippen molar-refractivity contribution in [3.63, 3.8) is 0 Å². The minimum Gasteiger partial charge on any atom is -0.444 e. The van der Waals surface area contributed by atoms with E-state index in [1.54, 1.807) is 6.26 Å². The first-order valence-electron chi connectivity index (χ1n) is 8.74. The highest BCUT2D eigenvalue weighted by Gasteiger charge is 2.06. The van der Waals surface area contributed by atoms with Gasteiger partial charge in [0.05, 0.1) is 12.7 Å². The normalized spacial score (nSPS) is 11.5. The molecule has 1 aromatic carbocycles. The quantitative estimate of drug-likeness (QED) is 0.504. The lowest BCUT2D eigenvalue weighted by Gasteiger charge is -2.10. The molecular weight excluding hydrogens is 328 g/mol. The van der Waals surface area contributed by atoms with E-state index in [0.29, 0.717) is 12.4 Å². The first-order chi connectivity index (χ1) is 12.7. The molecule has 2 aromatic heterocycles. The predicted molar refractivity (Wildman–Crippen MR) is 102 cm³/mol. The number of hydrogen-bond acceptors (Lipinski definition) is 4. The van der Waals surface area contributed by atoms with Crippen LogP contribution in [-0.2, 0) is 20.0 Å². The maximum atomic E-state index is 5.55. The zero-order valence-corrected chi connectivity index (χ0v) is 15.1. The average molecular weight is 352 g/mol. The molecule has 0 aliphatic carbocycles. The smallest absolute Gasteiger partial charge is 0.226 e. The monoisotopic (exact) mass is 352 g/mol. The van der Waals surface area contributed by atoms with Gasteiger partial charge >= 0.3 is 0 Å². The highest BCUT2D eigenvalue weighted by molar-refractivity contribution is 5.79. The van der Waals surface area contributed by atoms with Gasteiger partial charge in [-0.2, -0.15) is 5.10 Å². The molecule has 26 heavy (non-hydrogen) atoms. The van der Waals surface area contributed by atoms with Gasteiger partial charge in [-0.05, 0) is 31.0 Å². The SMILES string of the molecule is CCNC(=NCc1coc(-c2ccccc2)n1)NCCc1cnn(C)c1. The van der Waals surface area contributed by atoms with Gasteiger partial charge in [-0.3, -0.25) is 4.68 Å². The molecule has 0 amide bonds. The van der Waals surface area contributed by atoms with Crippen molar-refractivity contribution in [3.05, 3.63) is 60.2 Å². The van der Waals surface area contributed by atoms with Gasteiger partial charge in [0.25, 0.3) is 0 Å². The second-order valence-corrected chi connectivity index (χ2v) is 5.90. The molecule has 3 rings (SSSR count). The Hall–Kier alpha value is -3.09. The molecule has 0 atom stereocenters. The molecule has 136 valence electrons. The average Bonchev–Trinajstić information content (AvgIpc) is 3.29. The number of nitrogens with zero attached hydrogens (tertiary/aromatic N) is 4. The number of aryl methyl sites for hydroxylation is 1. The highest BCUT2D eigenvalue weighted by atomic mass is 16.3. The van der Waals surface area contributed by atoms with Crippen LogP contribution in [0.4, 0.5) is 0 Å². The summed E-state index contributed by atoms with van der Waals surface area (Å²) in [7, 11) is 1.92. The van der Waals surface area contributed by atoms with Gasteiger partial charge < -0.3 is 15.1 Å². The number of oxazole rings is 1. The molecule has 2 heterocycles. The third kappa shape index (κ3) is 4.95. The van der Waals surface area contributed by atoms with Crippen molar-refractivity contribution < 1.29 is 4.42 Å². The van der Waals surface area contributed by atoms with Gasteiger partial charge in [0.2, 0.25) is 5.89 Å². The number of nitrogens with one attached hydrogen (secondary N) is 2. The standard InChI is InChI=1S/C19H24N6O/c1-3-20-19(21-10-9-15-11-23-25(2)13-15)22-12-17-14-26-18(24-17)16-7-5-4-6-8-16/h4-8,11,13-14H,3,9-10,12H2,1-2H3,(H2,20,21,22). The summed E-state index contributed by atoms with van der Waals surface area (Å²) in [6, 6.07) is 9.85. The molecule has 0 aliphatic rings. The number of benzene rings is 1. The summed E-state index contributed by atoms with van der Waals surface area (Å²) < 4.78 is 7.36. The van der Waals surface area contributed by atoms with Crippen LogP contribution in [0.15, 0.2) is 58.4 Å². The Morgan fingerprint density at radius 3 is 2.81 bits per heavy atom. The minimum absolute atomic E-state index is 0.457. The van der Waals surface area contributed by atoms with Gasteiger partial charge in [0, 0.05) is 31.9 Å². The van der Waals surface area contributed by atoms with Crippen LogP contribution in [0.5, 0.6) is 0 Å². The van der Waals surface area contributed by atoms with Crippen molar-refractivity contribution in [1.82, 2.24) is 25.4 Å². The Labute approximate surface area is 153 Å². The molecule has 0 bridgehead atoms. The third-order valence-electron chi connectivity index (χ3n) is 3.78. The number of aliphatic imine (C=N–C) groups is 1. The molecule has 0 aliphatic heterocycles. The topological polar surface area (TPSA) is 80.3 Å². The number of rotatable bonds is 7. The molecule has 7 nitrogen and oxygen atoms in total. The van der Waals surface area contributed by atoms with E-state index in [2.05, 4.69) is 25.7 Å². The van der Waals surface area contributed by atoms with Crippen molar-refractivity contribution in [3.8, 4) is 11.5 Å². The van der Waals surface area contributed by atoms with E-state index in [1.165, 1.54) is 5.56 Å². The predicted octanol–water partition coefficient (Wildman–Crippen LogP) is 2.37. The van der Waals surface area contributed by atoms with E-state index in [1.807, 2.05) is 61.4 Å². The first-order valence-corrected chi connectivity index (χ1v) is 8.74. The van der Waals surface area contributed by atoms with E-state index >= 15 is 0 Å². The maximum absolute atomic E-state index is 5.55. The Bertz CT molecular complexity index is 837. The second kappa shape index (κ2) is 8.84. The lowest BCUT2D eigenvalue weighted by Crippen LogP contribution is -2.38. The molecule has 0 saturated carbocycles. The summed E-state index contributed by atoms with van der Waals surface area (Å²) in [6.07, 6.45) is 6.45. The molecule has 7 heteroatoms. The minimum atomic E-state index is 0.457. The Morgan fingerprint density at radius 1 is 1.23 bits per heavy atom. The largest absolute Gasteiger partial charge is 0.444 e. The van der Waals surface area contributed by atoms with Gasteiger partial charge in [-0.1, -0.05) is 18.2 Å². The van der Waals surface area contributed by atoms with E-state index in [0.717, 1.165) is 36.7 Å². The Morgan fingerprint density at radius 2 is 2.08 bits per heavy atom. The van der Waals surface area contributed by atoms with E-state index in [9.17, 15) is 0 Å². The fraction of sp³-hybridized carbons (Fsp3) is 0.316. The first kappa shape index (κ1) is 17.7. The van der Waals surface area contributed by atoms with E-state index in [-0.39, 0.29) is 0 Å². The summed E-state index contributed by atoms with van der Waals surface area (Å²) in [5, 5.41) is 10.8. The van der Waals surface area contributed by atoms with Crippen LogP contribution >= 0.6 is 0 Å². The zero-order valence-electron chi connectivity index (χ0n) is 15.1. The molecule has 0 spiro atoms. The molecular formula is C19H24N6O. The number of hydrogen-bond donors (Lipinski definition) is 2. The molecule has 0 radical (unpaired) electrons. The lowest BCUT2D eigenvalue weighted by molar-refractivity contribution is 0.572. The molecule has 0 saturated heterocycles. The van der Waals surface area contributed by atoms with Gasteiger partial charge in [0.1, 0.15) is 12.0 Å². The Balaban J connectivity index is 1.56. The summed E-state index contributed by atoms with van der Waals surface area (Å²) in [4.78, 5) is 9.08. The van der Waals surface area contributed by atoms with Gasteiger partial charge in [0.15, 0.2) is 5.96 Å². The van der Waals surface area contributed by atoms with Crippen LogP contribution < -0.4 is 10.6 Å². The van der Waals surface area contributed by atoms with Gasteiger partial charge in [-0.15, -0.1) is 0 Å². The van der Waals surface area contributed by atoms with Crippen molar-refractivity contribution in [1.29, 1.82) is 0 Å². The van der Waals surface area contributed by atoms with Crippen molar-refractivity contribution in [2.45, 2.75) is 19.9 Å². The summed E-state index contributed by atoms with van der Waals surface area (Å²) >= 11 is 0.